The van der Waals surface area contributed by atoms with Crippen LogP contribution in [0.25, 0.3) is 0 Å². The minimum Gasteiger partial charge on any atom is -0.497 e. The standard InChI is InChI=1S/C15H16N2O5/c1-16-13(19)12(14(20)17(2)15(16)21)11(18)8-9-4-6-10(22-3)7-5-9/h4-7,12H,8H2,1-3H3. The van der Waals surface area contributed by atoms with E-state index in [1.165, 1.54) is 21.2 Å². The largest absolute Gasteiger partial charge is 0.497 e. The van der Waals surface area contributed by atoms with Gasteiger partial charge in [0.15, 0.2) is 11.7 Å². The van der Waals surface area contributed by atoms with Crippen molar-refractivity contribution in [3.05, 3.63) is 29.8 Å². The second-order valence-corrected chi connectivity index (χ2v) is 5.00. The number of hydrogen-bond donors (Lipinski definition) is 0. The number of amides is 4. The summed E-state index contributed by atoms with van der Waals surface area (Å²) in [5.41, 5.74) is 0.661. The van der Waals surface area contributed by atoms with E-state index in [2.05, 4.69) is 0 Å². The molecule has 0 unspecified atom stereocenters. The molecule has 1 heterocycles. The van der Waals surface area contributed by atoms with Crippen LogP contribution in [-0.4, -0.2) is 54.6 Å². The van der Waals surface area contributed by atoms with Crippen molar-refractivity contribution < 1.29 is 23.9 Å². The Morgan fingerprint density at radius 1 is 1.05 bits per heavy atom. The average molecular weight is 304 g/mol. The fourth-order valence-electron chi connectivity index (χ4n) is 2.23. The molecule has 1 fully saturated rings. The van der Waals surface area contributed by atoms with E-state index >= 15 is 0 Å². The molecule has 22 heavy (non-hydrogen) atoms. The number of benzene rings is 1. The van der Waals surface area contributed by atoms with Crippen molar-refractivity contribution >= 4 is 23.6 Å². The molecule has 1 saturated heterocycles. The van der Waals surface area contributed by atoms with E-state index in [1.54, 1.807) is 24.3 Å². The summed E-state index contributed by atoms with van der Waals surface area (Å²) in [6.07, 6.45) is -0.0674. The highest BCUT2D eigenvalue weighted by Gasteiger charge is 2.46. The molecule has 0 bridgehead atoms. The van der Waals surface area contributed by atoms with Crippen LogP contribution in [0.15, 0.2) is 24.3 Å². The topological polar surface area (TPSA) is 84.0 Å². The van der Waals surface area contributed by atoms with Crippen molar-refractivity contribution in [2.24, 2.45) is 5.92 Å². The molecule has 1 aliphatic heterocycles. The van der Waals surface area contributed by atoms with E-state index in [9.17, 15) is 19.2 Å². The number of Topliss-reactive ketones (excluding diaryl/α,β-unsaturated/α-hetero) is 1. The van der Waals surface area contributed by atoms with Gasteiger partial charge in [0.25, 0.3) is 11.8 Å². The Bertz CT molecular complexity index is 614. The predicted molar refractivity (Wildman–Crippen MR) is 76.1 cm³/mol. The maximum Gasteiger partial charge on any atom is 0.332 e. The summed E-state index contributed by atoms with van der Waals surface area (Å²) in [5.74, 6) is -2.93. The zero-order valence-electron chi connectivity index (χ0n) is 12.5. The van der Waals surface area contributed by atoms with Gasteiger partial charge in [-0.1, -0.05) is 12.1 Å². The normalized spacial score (nSPS) is 16.2. The van der Waals surface area contributed by atoms with Crippen LogP contribution in [-0.2, 0) is 20.8 Å². The van der Waals surface area contributed by atoms with Gasteiger partial charge in [-0.3, -0.25) is 24.2 Å². The Morgan fingerprint density at radius 2 is 1.55 bits per heavy atom. The number of ketones is 1. The van der Waals surface area contributed by atoms with Gasteiger partial charge >= 0.3 is 6.03 Å². The van der Waals surface area contributed by atoms with Crippen LogP contribution in [0.3, 0.4) is 0 Å². The molecule has 7 nitrogen and oxygen atoms in total. The lowest BCUT2D eigenvalue weighted by molar-refractivity contribution is -0.151. The van der Waals surface area contributed by atoms with Gasteiger partial charge in [0, 0.05) is 20.5 Å². The minimum absolute atomic E-state index is 0.0674. The first-order valence-corrected chi connectivity index (χ1v) is 6.61. The summed E-state index contributed by atoms with van der Waals surface area (Å²) in [7, 11) is 4.03. The molecule has 0 aromatic heterocycles. The van der Waals surface area contributed by atoms with E-state index < -0.39 is 29.5 Å². The van der Waals surface area contributed by atoms with Crippen LogP contribution in [0.5, 0.6) is 5.75 Å². The monoisotopic (exact) mass is 304 g/mol. The molecular formula is C15H16N2O5. The highest BCUT2D eigenvalue weighted by atomic mass is 16.5. The summed E-state index contributed by atoms with van der Waals surface area (Å²) < 4.78 is 5.02. The minimum atomic E-state index is -1.46. The van der Waals surface area contributed by atoms with Gasteiger partial charge < -0.3 is 4.74 Å². The SMILES string of the molecule is COc1ccc(CC(=O)C2C(=O)N(C)C(=O)N(C)C2=O)cc1. The van der Waals surface area contributed by atoms with E-state index in [1.807, 2.05) is 0 Å². The summed E-state index contributed by atoms with van der Waals surface area (Å²) in [5, 5.41) is 0. The molecular weight excluding hydrogens is 288 g/mol. The number of carbonyl (C=O) groups is 4. The summed E-state index contributed by atoms with van der Waals surface area (Å²) >= 11 is 0. The van der Waals surface area contributed by atoms with Gasteiger partial charge in [0.2, 0.25) is 0 Å². The maximum absolute atomic E-state index is 12.3. The Balaban J connectivity index is 2.18. The van der Waals surface area contributed by atoms with Gasteiger partial charge in [-0.2, -0.15) is 0 Å². The number of hydrogen-bond acceptors (Lipinski definition) is 5. The third kappa shape index (κ3) is 2.69. The van der Waals surface area contributed by atoms with Crippen LogP contribution >= 0.6 is 0 Å². The molecule has 116 valence electrons. The maximum atomic E-state index is 12.3. The molecule has 0 N–H and O–H groups in total. The number of imide groups is 2. The van der Waals surface area contributed by atoms with Crippen molar-refractivity contribution in [1.29, 1.82) is 0 Å². The third-order valence-corrected chi connectivity index (χ3v) is 3.59. The van der Waals surface area contributed by atoms with Crippen molar-refractivity contribution in [1.82, 2.24) is 9.80 Å². The molecule has 0 spiro atoms. The number of carbonyl (C=O) groups excluding carboxylic acids is 4. The second kappa shape index (κ2) is 5.97. The van der Waals surface area contributed by atoms with Crippen molar-refractivity contribution in [2.45, 2.75) is 6.42 Å². The van der Waals surface area contributed by atoms with E-state index in [0.29, 0.717) is 11.3 Å². The van der Waals surface area contributed by atoms with Crippen molar-refractivity contribution in [2.75, 3.05) is 21.2 Å². The summed E-state index contributed by atoms with van der Waals surface area (Å²) in [6.45, 7) is 0. The molecule has 0 radical (unpaired) electrons. The van der Waals surface area contributed by atoms with Crippen LogP contribution in [0.1, 0.15) is 5.56 Å². The number of ether oxygens (including phenoxy) is 1. The molecule has 1 aliphatic rings. The first-order chi connectivity index (χ1) is 10.4. The molecule has 0 saturated carbocycles. The molecule has 0 aliphatic carbocycles. The molecule has 1 aromatic carbocycles. The molecule has 4 amide bonds. The van der Waals surface area contributed by atoms with Crippen LogP contribution in [0.4, 0.5) is 4.79 Å². The highest BCUT2D eigenvalue weighted by Crippen LogP contribution is 2.19. The Kier molecular flexibility index (Phi) is 4.25. The van der Waals surface area contributed by atoms with E-state index in [0.717, 1.165) is 9.80 Å². The van der Waals surface area contributed by atoms with Crippen molar-refractivity contribution in [3.8, 4) is 5.75 Å². The Morgan fingerprint density at radius 3 is 2.00 bits per heavy atom. The second-order valence-electron chi connectivity index (χ2n) is 5.00. The number of methoxy groups -OCH3 is 1. The lowest BCUT2D eigenvalue weighted by atomic mass is 9.94. The van der Waals surface area contributed by atoms with Gasteiger partial charge in [-0.25, -0.2) is 4.79 Å². The molecule has 0 atom stereocenters. The zero-order valence-corrected chi connectivity index (χ0v) is 12.5. The van der Waals surface area contributed by atoms with Crippen molar-refractivity contribution in [3.63, 3.8) is 0 Å². The predicted octanol–water partition coefficient (Wildman–Crippen LogP) is 0.473. The van der Waals surface area contributed by atoms with Crippen LogP contribution in [0, 0.1) is 5.92 Å². The highest BCUT2D eigenvalue weighted by molar-refractivity contribution is 6.26. The Hall–Kier alpha value is -2.70. The summed E-state index contributed by atoms with van der Waals surface area (Å²) in [6, 6.07) is 6.02. The smallest absolute Gasteiger partial charge is 0.332 e. The lowest BCUT2D eigenvalue weighted by Crippen LogP contribution is -2.59. The first-order valence-electron chi connectivity index (χ1n) is 6.61. The van der Waals surface area contributed by atoms with E-state index in [-0.39, 0.29) is 6.42 Å². The molecule has 1 aromatic rings. The summed E-state index contributed by atoms with van der Waals surface area (Å²) in [4.78, 5) is 49.6. The van der Waals surface area contributed by atoms with E-state index in [4.69, 9.17) is 4.74 Å². The van der Waals surface area contributed by atoms with Gasteiger partial charge in [-0.05, 0) is 17.7 Å². The fraction of sp³-hybridized carbons (Fsp3) is 0.333. The Labute approximate surface area is 127 Å². The van der Waals surface area contributed by atoms with Crippen LogP contribution in [0.2, 0.25) is 0 Å². The lowest BCUT2D eigenvalue weighted by Gasteiger charge is -2.32. The average Bonchev–Trinajstić information content (AvgIpc) is 2.52. The molecule has 7 heteroatoms. The third-order valence-electron chi connectivity index (χ3n) is 3.59. The number of rotatable bonds is 4. The number of nitrogens with zero attached hydrogens (tertiary/aromatic N) is 2. The number of barbiturate groups is 1. The quantitative estimate of drug-likeness (QED) is 0.755. The number of urea groups is 1. The fourth-order valence-corrected chi connectivity index (χ4v) is 2.23. The molecule has 2 rings (SSSR count). The van der Waals surface area contributed by atoms with Gasteiger partial charge in [0.1, 0.15) is 5.75 Å². The van der Waals surface area contributed by atoms with Crippen LogP contribution < -0.4 is 4.74 Å². The zero-order chi connectivity index (χ0) is 16.4. The first kappa shape index (κ1) is 15.7. The van der Waals surface area contributed by atoms with Gasteiger partial charge in [0.05, 0.1) is 7.11 Å². The van der Waals surface area contributed by atoms with Gasteiger partial charge in [-0.15, -0.1) is 0 Å².